The number of ether oxygens (including phenoxy) is 1. The molecule has 0 spiro atoms. The predicted octanol–water partition coefficient (Wildman–Crippen LogP) is 1.44. The van der Waals surface area contributed by atoms with Crippen molar-refractivity contribution < 1.29 is 27.8 Å². The number of aryl methyl sites for hydroxylation is 1. The van der Waals surface area contributed by atoms with Gasteiger partial charge >= 0.3 is 12.1 Å². The summed E-state index contributed by atoms with van der Waals surface area (Å²) in [4.78, 5) is 11.3. The van der Waals surface area contributed by atoms with Crippen LogP contribution in [0, 0.1) is 0 Å². The van der Waals surface area contributed by atoms with Crippen molar-refractivity contribution in [2.24, 2.45) is 7.05 Å². The number of aliphatic carboxylic acids is 1. The summed E-state index contributed by atoms with van der Waals surface area (Å²) in [6.07, 6.45) is -1.11. The molecule has 138 valence electrons. The first-order valence-corrected chi connectivity index (χ1v) is 7.24. The lowest BCUT2D eigenvalue weighted by Crippen LogP contribution is -2.21. The van der Waals surface area contributed by atoms with Gasteiger partial charge in [-0.3, -0.25) is 14.7 Å². The zero-order valence-corrected chi connectivity index (χ0v) is 13.7. The highest BCUT2D eigenvalue weighted by atomic mass is 19.4. The third kappa shape index (κ3) is 5.03. The molecule has 8 nitrogen and oxygen atoms in total. The molecule has 0 unspecified atom stereocenters. The number of rotatable bonds is 4. The van der Waals surface area contributed by atoms with Gasteiger partial charge in [0.15, 0.2) is 0 Å². The molecule has 11 heteroatoms. The summed E-state index contributed by atoms with van der Waals surface area (Å²) in [5.41, 5.74) is 4.77. The molecular formula is C14H18F3N5O3. The third-order valence-corrected chi connectivity index (χ3v) is 3.49. The van der Waals surface area contributed by atoms with Gasteiger partial charge in [0.1, 0.15) is 0 Å². The Balaban J connectivity index is 0.000000277. The van der Waals surface area contributed by atoms with Crippen molar-refractivity contribution in [2.45, 2.75) is 32.4 Å². The normalized spacial score (nSPS) is 14.1. The standard InChI is InChI=1S/C12H17N5O.C2HF3O2/c1-16-4-9(3-13-16)5-17-6-10-11(7-17)14-15-12(10)8-18-2;3-2(4,5)1(6)7/h3-4H,5-8H2,1-2H3,(H,14,15);(H,6,7). The SMILES string of the molecule is COCc1n[nH]c2c1CN(Cc1cnn(C)c1)C2.O=C(O)C(F)(F)F. The monoisotopic (exact) mass is 361 g/mol. The van der Waals surface area contributed by atoms with E-state index in [0.717, 1.165) is 25.3 Å². The molecule has 2 aromatic rings. The molecule has 1 aliphatic heterocycles. The number of carboxylic acid groups (broad SMARTS) is 1. The summed E-state index contributed by atoms with van der Waals surface area (Å²) in [6.45, 7) is 3.34. The third-order valence-electron chi connectivity index (χ3n) is 3.49. The van der Waals surface area contributed by atoms with Crippen molar-refractivity contribution in [1.82, 2.24) is 24.9 Å². The van der Waals surface area contributed by atoms with Gasteiger partial charge in [0.25, 0.3) is 0 Å². The Labute approximate surface area is 141 Å². The second-order valence-electron chi connectivity index (χ2n) is 5.53. The van der Waals surface area contributed by atoms with Crippen molar-refractivity contribution in [1.29, 1.82) is 0 Å². The molecule has 0 atom stereocenters. The zero-order valence-electron chi connectivity index (χ0n) is 13.7. The van der Waals surface area contributed by atoms with Crippen LogP contribution in [0.2, 0.25) is 0 Å². The Hall–Kier alpha value is -2.40. The van der Waals surface area contributed by atoms with Crippen molar-refractivity contribution >= 4 is 5.97 Å². The maximum absolute atomic E-state index is 10.6. The van der Waals surface area contributed by atoms with E-state index in [1.165, 1.54) is 16.8 Å². The van der Waals surface area contributed by atoms with Crippen LogP contribution in [-0.2, 0) is 42.8 Å². The maximum Gasteiger partial charge on any atom is 0.490 e. The van der Waals surface area contributed by atoms with Crippen LogP contribution >= 0.6 is 0 Å². The average Bonchev–Trinajstić information content (AvgIpc) is 3.18. The molecule has 0 saturated carbocycles. The number of H-pyrrole nitrogens is 1. The molecule has 0 fully saturated rings. The van der Waals surface area contributed by atoms with Gasteiger partial charge in [-0.15, -0.1) is 0 Å². The van der Waals surface area contributed by atoms with Gasteiger partial charge in [0.2, 0.25) is 0 Å². The number of carbonyl (C=O) groups is 1. The van der Waals surface area contributed by atoms with Crippen molar-refractivity contribution in [3.63, 3.8) is 0 Å². The molecule has 25 heavy (non-hydrogen) atoms. The van der Waals surface area contributed by atoms with Crippen LogP contribution in [0.5, 0.6) is 0 Å². The van der Waals surface area contributed by atoms with Gasteiger partial charge in [-0.1, -0.05) is 0 Å². The molecule has 0 aliphatic carbocycles. The fraction of sp³-hybridized carbons (Fsp3) is 0.500. The van der Waals surface area contributed by atoms with E-state index in [1.54, 1.807) is 7.11 Å². The lowest BCUT2D eigenvalue weighted by atomic mass is 10.2. The van der Waals surface area contributed by atoms with Crippen LogP contribution in [0.3, 0.4) is 0 Å². The second kappa shape index (κ2) is 7.66. The van der Waals surface area contributed by atoms with Gasteiger partial charge in [-0.05, 0) is 0 Å². The molecule has 0 amide bonds. The average molecular weight is 361 g/mol. The minimum absolute atomic E-state index is 0.576. The molecule has 2 N–H and O–H groups in total. The minimum Gasteiger partial charge on any atom is -0.475 e. The highest BCUT2D eigenvalue weighted by Crippen LogP contribution is 2.25. The first-order chi connectivity index (χ1) is 11.7. The van der Waals surface area contributed by atoms with Crippen LogP contribution in [-0.4, -0.2) is 49.2 Å². The Morgan fingerprint density at radius 1 is 1.44 bits per heavy atom. The first-order valence-electron chi connectivity index (χ1n) is 7.24. The zero-order chi connectivity index (χ0) is 18.6. The Morgan fingerprint density at radius 2 is 2.12 bits per heavy atom. The molecule has 0 radical (unpaired) electrons. The fourth-order valence-electron chi connectivity index (χ4n) is 2.44. The Morgan fingerprint density at radius 3 is 2.64 bits per heavy atom. The number of carboxylic acids is 1. The van der Waals surface area contributed by atoms with Crippen molar-refractivity contribution in [2.75, 3.05) is 7.11 Å². The van der Waals surface area contributed by atoms with Crippen LogP contribution in [0.4, 0.5) is 13.2 Å². The minimum atomic E-state index is -5.08. The lowest BCUT2D eigenvalue weighted by molar-refractivity contribution is -0.192. The molecule has 2 aromatic heterocycles. The van der Waals surface area contributed by atoms with Crippen molar-refractivity contribution in [3.8, 4) is 0 Å². The molecule has 0 aromatic carbocycles. The number of hydrogen-bond acceptors (Lipinski definition) is 5. The van der Waals surface area contributed by atoms with Gasteiger partial charge in [-0.25, -0.2) is 4.79 Å². The predicted molar refractivity (Wildman–Crippen MR) is 79.2 cm³/mol. The highest BCUT2D eigenvalue weighted by Gasteiger charge is 2.38. The molecule has 3 heterocycles. The lowest BCUT2D eigenvalue weighted by Gasteiger charge is -2.13. The van der Waals surface area contributed by atoms with Gasteiger partial charge < -0.3 is 9.84 Å². The van der Waals surface area contributed by atoms with E-state index in [0.29, 0.717) is 6.61 Å². The van der Waals surface area contributed by atoms with E-state index < -0.39 is 12.1 Å². The number of nitrogens with one attached hydrogen (secondary N) is 1. The number of methoxy groups -OCH3 is 1. The van der Waals surface area contributed by atoms with Gasteiger partial charge in [0.05, 0.1) is 24.2 Å². The number of nitrogens with zero attached hydrogens (tertiary/aromatic N) is 4. The topological polar surface area (TPSA) is 96.3 Å². The van der Waals surface area contributed by atoms with E-state index in [2.05, 4.69) is 26.4 Å². The van der Waals surface area contributed by atoms with E-state index in [9.17, 15) is 13.2 Å². The number of hydrogen-bond donors (Lipinski definition) is 2. The molecule has 1 aliphatic rings. The van der Waals surface area contributed by atoms with Crippen LogP contribution in [0.1, 0.15) is 22.5 Å². The van der Waals surface area contributed by atoms with E-state index >= 15 is 0 Å². The second-order valence-corrected chi connectivity index (χ2v) is 5.53. The quantitative estimate of drug-likeness (QED) is 0.856. The Kier molecular flexibility index (Phi) is 5.80. The van der Waals surface area contributed by atoms with Crippen LogP contribution in [0.15, 0.2) is 12.4 Å². The summed E-state index contributed by atoms with van der Waals surface area (Å²) in [5, 5.41) is 18.7. The summed E-state index contributed by atoms with van der Waals surface area (Å²) in [5.74, 6) is -2.76. The number of fused-ring (bicyclic) bond motifs is 1. The maximum atomic E-state index is 10.6. The van der Waals surface area contributed by atoms with Gasteiger partial charge in [-0.2, -0.15) is 23.4 Å². The first kappa shape index (κ1) is 18.9. The molecule has 3 rings (SSSR count). The largest absolute Gasteiger partial charge is 0.490 e. The number of alkyl halides is 3. The number of aromatic amines is 1. The summed E-state index contributed by atoms with van der Waals surface area (Å²) in [6, 6.07) is 0. The summed E-state index contributed by atoms with van der Waals surface area (Å²) >= 11 is 0. The Bertz CT molecular complexity index is 726. The van der Waals surface area contributed by atoms with Gasteiger partial charge in [0, 0.05) is 51.1 Å². The fourth-order valence-corrected chi connectivity index (χ4v) is 2.44. The van der Waals surface area contributed by atoms with Crippen LogP contribution in [0.25, 0.3) is 0 Å². The number of halogens is 3. The van der Waals surface area contributed by atoms with E-state index in [4.69, 9.17) is 14.6 Å². The van der Waals surface area contributed by atoms with Crippen LogP contribution < -0.4 is 0 Å². The molecule has 0 bridgehead atoms. The van der Waals surface area contributed by atoms with Crippen molar-refractivity contribution in [3.05, 3.63) is 34.9 Å². The highest BCUT2D eigenvalue weighted by molar-refractivity contribution is 5.73. The van der Waals surface area contributed by atoms with E-state index in [1.807, 2.05) is 17.9 Å². The molecule has 0 saturated heterocycles. The smallest absolute Gasteiger partial charge is 0.475 e. The number of aromatic nitrogens is 4. The molecular weight excluding hydrogens is 343 g/mol. The van der Waals surface area contributed by atoms with E-state index in [-0.39, 0.29) is 0 Å². The summed E-state index contributed by atoms with van der Waals surface area (Å²) in [7, 11) is 3.64. The summed E-state index contributed by atoms with van der Waals surface area (Å²) < 4.78 is 38.7.